The first-order valence-corrected chi connectivity index (χ1v) is 6.11. The van der Waals surface area contributed by atoms with Gasteiger partial charge < -0.3 is 15.8 Å². The third-order valence-electron chi connectivity index (χ3n) is 3.87. The van der Waals surface area contributed by atoms with Gasteiger partial charge in [-0.05, 0) is 40.3 Å². The highest BCUT2D eigenvalue weighted by atomic mass is 16.5. The van der Waals surface area contributed by atoms with Crippen LogP contribution >= 0.6 is 0 Å². The summed E-state index contributed by atoms with van der Waals surface area (Å²) in [5.41, 5.74) is 4.66. The lowest BCUT2D eigenvalue weighted by molar-refractivity contribution is -0.125. The first-order chi connectivity index (χ1) is 7.85. The van der Waals surface area contributed by atoms with Gasteiger partial charge in [0, 0.05) is 20.2 Å². The highest BCUT2D eigenvalue weighted by Gasteiger charge is 2.36. The van der Waals surface area contributed by atoms with Gasteiger partial charge in [0.1, 0.15) is 5.54 Å². The molecule has 17 heavy (non-hydrogen) atoms. The average Bonchev–Trinajstić information content (AvgIpc) is 2.29. The number of methoxy groups -OCH3 is 1. The van der Waals surface area contributed by atoms with Crippen LogP contribution in [0.2, 0.25) is 0 Å². The molecule has 5 nitrogen and oxygen atoms in total. The molecule has 1 fully saturated rings. The number of primary amides is 1. The summed E-state index contributed by atoms with van der Waals surface area (Å²) < 4.78 is 5.54. The van der Waals surface area contributed by atoms with Crippen molar-refractivity contribution in [1.29, 1.82) is 0 Å². The van der Waals surface area contributed by atoms with E-state index in [0.717, 1.165) is 25.9 Å². The van der Waals surface area contributed by atoms with Gasteiger partial charge in [0.05, 0.1) is 5.60 Å². The molecule has 1 heterocycles. The van der Waals surface area contributed by atoms with Crippen molar-refractivity contribution in [3.8, 4) is 0 Å². The molecule has 5 heteroatoms. The summed E-state index contributed by atoms with van der Waals surface area (Å²) in [4.78, 5) is 13.7. The average molecular weight is 243 g/mol. The number of ether oxygens (including phenoxy) is 1. The molecule has 2 atom stereocenters. The lowest BCUT2D eigenvalue weighted by Gasteiger charge is -2.42. The highest BCUT2D eigenvalue weighted by Crippen LogP contribution is 2.24. The second-order valence-corrected chi connectivity index (χ2v) is 5.41. The van der Waals surface area contributed by atoms with E-state index in [9.17, 15) is 4.79 Å². The molecule has 0 aromatic carbocycles. The van der Waals surface area contributed by atoms with E-state index in [-0.39, 0.29) is 11.5 Å². The van der Waals surface area contributed by atoms with Gasteiger partial charge in [0.15, 0.2) is 0 Å². The summed E-state index contributed by atoms with van der Waals surface area (Å²) in [6, 6.07) is 0. The fraction of sp³-hybridized carbons (Fsp3) is 0.917. The summed E-state index contributed by atoms with van der Waals surface area (Å²) >= 11 is 0. The maximum atomic E-state index is 11.5. The monoisotopic (exact) mass is 243 g/mol. The van der Waals surface area contributed by atoms with Crippen molar-refractivity contribution in [3.63, 3.8) is 0 Å². The van der Waals surface area contributed by atoms with E-state index >= 15 is 0 Å². The van der Waals surface area contributed by atoms with Gasteiger partial charge in [-0.1, -0.05) is 0 Å². The summed E-state index contributed by atoms with van der Waals surface area (Å²) in [6.45, 7) is 6.41. The van der Waals surface area contributed by atoms with E-state index in [1.165, 1.54) is 0 Å². The molecule has 0 aromatic heterocycles. The fourth-order valence-electron chi connectivity index (χ4n) is 2.34. The van der Waals surface area contributed by atoms with Crippen LogP contribution in [0.4, 0.5) is 0 Å². The molecule has 0 spiro atoms. The highest BCUT2D eigenvalue weighted by molar-refractivity contribution is 5.84. The van der Waals surface area contributed by atoms with E-state index in [1.54, 1.807) is 14.2 Å². The van der Waals surface area contributed by atoms with Crippen LogP contribution in [0.3, 0.4) is 0 Å². The molecular weight excluding hydrogens is 218 g/mol. The molecule has 0 aliphatic carbocycles. The number of carbonyl (C=O) groups excluding carboxylic acids is 1. The van der Waals surface area contributed by atoms with Crippen molar-refractivity contribution in [2.75, 3.05) is 33.8 Å². The zero-order valence-electron chi connectivity index (χ0n) is 11.4. The van der Waals surface area contributed by atoms with Crippen LogP contribution in [0.25, 0.3) is 0 Å². The standard InChI is InChI=1S/C12H25N3O2/c1-11(17-4)6-5-7-15(8-11)9-12(2,14-3)10(13)16/h14H,5-9H2,1-4H3,(H2,13,16). The number of hydrogen-bond donors (Lipinski definition) is 2. The summed E-state index contributed by atoms with van der Waals surface area (Å²) in [6.07, 6.45) is 2.15. The van der Waals surface area contributed by atoms with Crippen LogP contribution in [0.15, 0.2) is 0 Å². The number of nitrogens with zero attached hydrogens (tertiary/aromatic N) is 1. The quantitative estimate of drug-likeness (QED) is 0.710. The lowest BCUT2D eigenvalue weighted by Crippen LogP contribution is -2.61. The van der Waals surface area contributed by atoms with Gasteiger partial charge in [0.2, 0.25) is 5.91 Å². The molecule has 0 aromatic rings. The van der Waals surface area contributed by atoms with Crippen molar-refractivity contribution in [3.05, 3.63) is 0 Å². The molecule has 0 radical (unpaired) electrons. The van der Waals surface area contributed by atoms with E-state index in [1.807, 2.05) is 6.92 Å². The van der Waals surface area contributed by atoms with Crippen molar-refractivity contribution >= 4 is 5.91 Å². The van der Waals surface area contributed by atoms with E-state index in [2.05, 4.69) is 17.1 Å². The Morgan fingerprint density at radius 3 is 2.76 bits per heavy atom. The maximum absolute atomic E-state index is 11.5. The molecule has 1 aliphatic heterocycles. The predicted molar refractivity (Wildman–Crippen MR) is 67.7 cm³/mol. The number of hydrogen-bond acceptors (Lipinski definition) is 4. The summed E-state index contributed by atoms with van der Waals surface area (Å²) in [5.74, 6) is -0.315. The number of amides is 1. The Morgan fingerprint density at radius 2 is 2.29 bits per heavy atom. The Bertz CT molecular complexity index is 285. The van der Waals surface area contributed by atoms with Gasteiger partial charge in [0.25, 0.3) is 0 Å². The smallest absolute Gasteiger partial charge is 0.238 e. The summed E-state index contributed by atoms with van der Waals surface area (Å²) in [7, 11) is 3.51. The second kappa shape index (κ2) is 5.33. The number of piperidine rings is 1. The maximum Gasteiger partial charge on any atom is 0.238 e. The van der Waals surface area contributed by atoms with E-state index in [4.69, 9.17) is 10.5 Å². The zero-order valence-corrected chi connectivity index (χ0v) is 11.4. The number of carbonyl (C=O) groups is 1. The van der Waals surface area contributed by atoms with Crippen molar-refractivity contribution in [1.82, 2.24) is 10.2 Å². The third-order valence-corrected chi connectivity index (χ3v) is 3.87. The van der Waals surface area contributed by atoms with Crippen LogP contribution in [0.5, 0.6) is 0 Å². The van der Waals surface area contributed by atoms with Crippen molar-refractivity contribution < 1.29 is 9.53 Å². The van der Waals surface area contributed by atoms with Crippen LogP contribution in [-0.2, 0) is 9.53 Å². The van der Waals surface area contributed by atoms with Crippen LogP contribution in [0, 0.1) is 0 Å². The molecule has 2 unspecified atom stereocenters. The third kappa shape index (κ3) is 3.40. The van der Waals surface area contributed by atoms with Gasteiger partial charge in [-0.15, -0.1) is 0 Å². The minimum Gasteiger partial charge on any atom is -0.377 e. The Hall–Kier alpha value is -0.650. The SMILES string of the molecule is CNC(C)(CN1CCCC(C)(OC)C1)C(N)=O. The fourth-order valence-corrected chi connectivity index (χ4v) is 2.34. The molecule has 100 valence electrons. The van der Waals surface area contributed by atoms with Crippen LogP contribution < -0.4 is 11.1 Å². The summed E-state index contributed by atoms with van der Waals surface area (Å²) in [5, 5.41) is 3.01. The zero-order chi connectivity index (χ0) is 13.1. The van der Waals surface area contributed by atoms with Crippen LogP contribution in [-0.4, -0.2) is 55.7 Å². The number of nitrogens with one attached hydrogen (secondary N) is 1. The van der Waals surface area contributed by atoms with Crippen molar-refractivity contribution in [2.24, 2.45) is 5.73 Å². The predicted octanol–water partition coefficient (Wildman–Crippen LogP) is -0.0493. The Morgan fingerprint density at radius 1 is 1.65 bits per heavy atom. The molecule has 1 amide bonds. The van der Waals surface area contributed by atoms with Gasteiger partial charge in [-0.25, -0.2) is 0 Å². The molecule has 0 bridgehead atoms. The number of likely N-dealkylation sites (tertiary alicyclic amines) is 1. The van der Waals surface area contributed by atoms with Gasteiger partial charge in [-0.2, -0.15) is 0 Å². The molecular formula is C12H25N3O2. The van der Waals surface area contributed by atoms with Crippen LogP contribution in [0.1, 0.15) is 26.7 Å². The van der Waals surface area contributed by atoms with Crippen molar-refractivity contribution in [2.45, 2.75) is 37.8 Å². The minimum absolute atomic E-state index is 0.107. The number of likely N-dealkylation sites (N-methyl/N-ethyl adjacent to an activating group) is 1. The van der Waals surface area contributed by atoms with Gasteiger partial charge in [-0.3, -0.25) is 9.69 Å². The molecule has 1 aliphatic rings. The van der Waals surface area contributed by atoms with E-state index < -0.39 is 5.54 Å². The Balaban J connectivity index is 2.65. The van der Waals surface area contributed by atoms with Gasteiger partial charge >= 0.3 is 0 Å². The first-order valence-electron chi connectivity index (χ1n) is 6.11. The minimum atomic E-state index is -0.675. The number of nitrogens with two attached hydrogens (primary N) is 1. The molecule has 0 saturated carbocycles. The Labute approximate surface area is 104 Å². The number of rotatable bonds is 5. The topological polar surface area (TPSA) is 67.6 Å². The van der Waals surface area contributed by atoms with E-state index in [0.29, 0.717) is 6.54 Å². The normalized spacial score (nSPS) is 29.9. The Kier molecular flexibility index (Phi) is 4.52. The second-order valence-electron chi connectivity index (χ2n) is 5.41. The molecule has 1 saturated heterocycles. The largest absolute Gasteiger partial charge is 0.377 e. The molecule has 3 N–H and O–H groups in total. The first kappa shape index (κ1) is 14.4. The molecule has 1 rings (SSSR count). The lowest BCUT2D eigenvalue weighted by atomic mass is 9.92.